The highest BCUT2D eigenvalue weighted by Gasteiger charge is 2.55. The first-order chi connectivity index (χ1) is 20.4. The summed E-state index contributed by atoms with van der Waals surface area (Å²) in [7, 11) is 0. The number of ketones is 1. The van der Waals surface area contributed by atoms with E-state index in [-0.39, 0.29) is 42.5 Å². The van der Waals surface area contributed by atoms with Crippen molar-refractivity contribution in [3.8, 4) is 11.5 Å². The number of aromatic nitrogens is 1. The van der Waals surface area contributed by atoms with Crippen molar-refractivity contribution in [2.45, 2.75) is 62.6 Å². The first kappa shape index (κ1) is 27.6. The van der Waals surface area contributed by atoms with Crippen molar-refractivity contribution in [3.05, 3.63) is 90.3 Å². The predicted molar refractivity (Wildman–Crippen MR) is 155 cm³/mol. The predicted octanol–water partition coefficient (Wildman–Crippen LogP) is 3.93. The summed E-state index contributed by atoms with van der Waals surface area (Å²) >= 11 is 0. The number of nitrogens with zero attached hydrogens (tertiary/aromatic N) is 3. The Labute approximate surface area is 244 Å². The number of hydrogen-bond donors (Lipinski definition) is 1. The number of Topliss-reactive ketones (excluding diaryl/α,β-unsaturated/α-hetero) is 1. The minimum absolute atomic E-state index is 0.00499. The van der Waals surface area contributed by atoms with Gasteiger partial charge in [-0.3, -0.25) is 24.2 Å². The van der Waals surface area contributed by atoms with Crippen molar-refractivity contribution in [2.75, 3.05) is 13.1 Å². The number of benzene rings is 2. The van der Waals surface area contributed by atoms with Gasteiger partial charge >= 0.3 is 0 Å². The second-order valence-corrected chi connectivity index (χ2v) is 11.4. The van der Waals surface area contributed by atoms with Gasteiger partial charge in [-0.1, -0.05) is 43.5 Å². The third kappa shape index (κ3) is 5.51. The molecule has 2 atom stereocenters. The molecule has 3 heterocycles. The standard InChI is InChI=1S/C33H34N4O5/c38-28-22-37(29(39)20-23-8-7-18-34-21-23)27-15-19-36(30(27)28)32(41)33(16-5-2-6-17-33)35-31(40)24-11-13-26(14-12-24)42-25-9-3-1-4-10-25/h1,3-4,7-14,18,21,27,30H,2,5-6,15-17,19-20,22H2,(H,35,40). The zero-order valence-electron chi connectivity index (χ0n) is 23.4. The monoisotopic (exact) mass is 566 g/mol. The SMILES string of the molecule is O=C(NC1(C(=O)N2CCC3C2C(=O)CN3C(=O)Cc2cccnc2)CCCCC1)c1ccc(Oc2ccccc2)cc1. The molecule has 9 heteroatoms. The molecule has 2 saturated heterocycles. The van der Waals surface area contributed by atoms with Gasteiger partial charge in [0.25, 0.3) is 5.91 Å². The molecule has 3 amide bonds. The van der Waals surface area contributed by atoms with Crippen LogP contribution in [-0.2, 0) is 20.8 Å². The third-order valence-electron chi connectivity index (χ3n) is 8.65. The molecular weight excluding hydrogens is 532 g/mol. The largest absolute Gasteiger partial charge is 0.457 e. The lowest BCUT2D eigenvalue weighted by atomic mass is 9.80. The Hall–Kier alpha value is -4.53. The summed E-state index contributed by atoms with van der Waals surface area (Å²) in [6, 6.07) is 18.8. The Kier molecular flexibility index (Phi) is 7.73. The fourth-order valence-electron chi connectivity index (χ4n) is 6.56. The lowest BCUT2D eigenvalue weighted by Gasteiger charge is -2.40. The lowest BCUT2D eigenvalue weighted by molar-refractivity contribution is -0.143. The number of nitrogens with one attached hydrogen (secondary N) is 1. The summed E-state index contributed by atoms with van der Waals surface area (Å²) in [5.74, 6) is 0.478. The molecule has 1 aromatic heterocycles. The Morgan fingerprint density at radius 3 is 2.36 bits per heavy atom. The molecule has 1 N–H and O–H groups in total. The van der Waals surface area contributed by atoms with Crippen LogP contribution >= 0.6 is 0 Å². The second-order valence-electron chi connectivity index (χ2n) is 11.4. The van der Waals surface area contributed by atoms with E-state index in [1.807, 2.05) is 36.4 Å². The molecule has 3 fully saturated rings. The van der Waals surface area contributed by atoms with Crippen molar-refractivity contribution in [2.24, 2.45) is 0 Å². The van der Waals surface area contributed by atoms with E-state index < -0.39 is 11.6 Å². The van der Waals surface area contributed by atoms with Crippen LogP contribution in [0.4, 0.5) is 0 Å². The molecule has 6 rings (SSSR count). The van der Waals surface area contributed by atoms with E-state index >= 15 is 0 Å². The number of ether oxygens (including phenoxy) is 1. The highest BCUT2D eigenvalue weighted by Crippen LogP contribution is 2.36. The van der Waals surface area contributed by atoms with E-state index in [0.717, 1.165) is 24.8 Å². The van der Waals surface area contributed by atoms with Crippen LogP contribution in [0, 0.1) is 0 Å². The van der Waals surface area contributed by atoms with Gasteiger partial charge in [-0.25, -0.2) is 0 Å². The number of pyridine rings is 1. The van der Waals surface area contributed by atoms with Gasteiger partial charge in [-0.05, 0) is 67.3 Å². The zero-order valence-corrected chi connectivity index (χ0v) is 23.4. The Morgan fingerprint density at radius 1 is 0.905 bits per heavy atom. The molecule has 2 unspecified atom stereocenters. The van der Waals surface area contributed by atoms with Gasteiger partial charge in [0.15, 0.2) is 5.78 Å². The van der Waals surface area contributed by atoms with Gasteiger partial charge in [0.05, 0.1) is 19.0 Å². The Morgan fingerprint density at radius 2 is 1.64 bits per heavy atom. The van der Waals surface area contributed by atoms with Gasteiger partial charge in [-0.15, -0.1) is 0 Å². The van der Waals surface area contributed by atoms with Crippen LogP contribution in [0.5, 0.6) is 11.5 Å². The average Bonchev–Trinajstić information content (AvgIpc) is 3.60. The van der Waals surface area contributed by atoms with Gasteiger partial charge in [0.1, 0.15) is 23.1 Å². The highest BCUT2D eigenvalue weighted by molar-refractivity contribution is 6.02. The molecule has 3 aromatic rings. The summed E-state index contributed by atoms with van der Waals surface area (Å²) in [4.78, 5) is 61.4. The van der Waals surface area contributed by atoms with E-state index in [1.54, 1.807) is 52.5 Å². The van der Waals surface area contributed by atoms with Crippen molar-refractivity contribution in [1.29, 1.82) is 0 Å². The van der Waals surface area contributed by atoms with Crippen LogP contribution in [0.25, 0.3) is 0 Å². The average molecular weight is 567 g/mol. The minimum Gasteiger partial charge on any atom is -0.457 e. The fourth-order valence-corrected chi connectivity index (χ4v) is 6.56. The van der Waals surface area contributed by atoms with E-state index in [2.05, 4.69) is 10.3 Å². The summed E-state index contributed by atoms with van der Waals surface area (Å²) in [5.41, 5.74) is 0.126. The number of carbonyl (C=O) groups is 4. The van der Waals surface area contributed by atoms with Crippen LogP contribution in [-0.4, -0.2) is 69.0 Å². The topological polar surface area (TPSA) is 109 Å². The highest BCUT2D eigenvalue weighted by atomic mass is 16.5. The maximum Gasteiger partial charge on any atom is 0.252 e. The zero-order chi connectivity index (χ0) is 29.1. The van der Waals surface area contributed by atoms with Crippen molar-refractivity contribution in [3.63, 3.8) is 0 Å². The third-order valence-corrected chi connectivity index (χ3v) is 8.65. The number of carbonyl (C=O) groups excluding carboxylic acids is 4. The number of para-hydroxylation sites is 1. The molecule has 0 radical (unpaired) electrons. The van der Waals surface area contributed by atoms with Crippen molar-refractivity contribution >= 4 is 23.5 Å². The summed E-state index contributed by atoms with van der Waals surface area (Å²) < 4.78 is 5.84. The quantitative estimate of drug-likeness (QED) is 0.464. The van der Waals surface area contributed by atoms with E-state index in [0.29, 0.717) is 42.9 Å². The Bertz CT molecular complexity index is 1450. The maximum atomic E-state index is 14.2. The Balaban J connectivity index is 1.16. The number of hydrogen-bond acceptors (Lipinski definition) is 6. The number of likely N-dealkylation sites (tertiary alicyclic amines) is 2. The molecule has 1 saturated carbocycles. The van der Waals surface area contributed by atoms with Crippen LogP contribution in [0.15, 0.2) is 79.1 Å². The van der Waals surface area contributed by atoms with Crippen LogP contribution in [0.2, 0.25) is 0 Å². The van der Waals surface area contributed by atoms with Gasteiger partial charge < -0.3 is 19.9 Å². The van der Waals surface area contributed by atoms with Crippen molar-refractivity contribution < 1.29 is 23.9 Å². The molecule has 9 nitrogen and oxygen atoms in total. The molecule has 1 aliphatic carbocycles. The lowest BCUT2D eigenvalue weighted by Crippen LogP contribution is -2.62. The smallest absolute Gasteiger partial charge is 0.252 e. The van der Waals surface area contributed by atoms with Gasteiger partial charge in [0.2, 0.25) is 11.8 Å². The molecular formula is C33H34N4O5. The summed E-state index contributed by atoms with van der Waals surface area (Å²) in [5, 5.41) is 3.09. The molecule has 42 heavy (non-hydrogen) atoms. The number of rotatable bonds is 7. The number of fused-ring (bicyclic) bond motifs is 1. The molecule has 3 aliphatic rings. The molecule has 2 aromatic carbocycles. The van der Waals surface area contributed by atoms with E-state index in [1.165, 1.54) is 0 Å². The van der Waals surface area contributed by atoms with Crippen LogP contribution in [0.1, 0.15) is 54.4 Å². The van der Waals surface area contributed by atoms with Crippen LogP contribution in [0.3, 0.4) is 0 Å². The molecule has 0 bridgehead atoms. The minimum atomic E-state index is -1.09. The molecule has 2 aliphatic heterocycles. The first-order valence-electron chi connectivity index (χ1n) is 14.6. The maximum absolute atomic E-state index is 14.2. The van der Waals surface area contributed by atoms with E-state index in [4.69, 9.17) is 4.74 Å². The summed E-state index contributed by atoms with van der Waals surface area (Å²) in [6.45, 7) is 0.370. The second kappa shape index (κ2) is 11.8. The molecule has 0 spiro atoms. The summed E-state index contributed by atoms with van der Waals surface area (Å²) in [6.07, 6.45) is 7.62. The van der Waals surface area contributed by atoms with Crippen LogP contribution < -0.4 is 10.1 Å². The van der Waals surface area contributed by atoms with E-state index in [9.17, 15) is 19.2 Å². The first-order valence-corrected chi connectivity index (χ1v) is 14.6. The van der Waals surface area contributed by atoms with Gasteiger partial charge in [0, 0.05) is 24.5 Å². The number of amides is 3. The molecule has 216 valence electrons. The van der Waals surface area contributed by atoms with Gasteiger partial charge in [-0.2, -0.15) is 0 Å². The normalized spacial score (nSPS) is 21.1. The van der Waals surface area contributed by atoms with Crippen molar-refractivity contribution in [1.82, 2.24) is 20.1 Å². The fraction of sp³-hybridized carbons (Fsp3) is 0.364.